The molecular formula is C29H45N3O3. The van der Waals surface area contributed by atoms with Crippen LogP contribution in [0, 0.1) is 0 Å². The molecule has 35 heavy (non-hydrogen) atoms. The summed E-state index contributed by atoms with van der Waals surface area (Å²) in [7, 11) is 0. The van der Waals surface area contributed by atoms with Crippen LogP contribution in [0.4, 0.5) is 11.4 Å². The van der Waals surface area contributed by atoms with Gasteiger partial charge >= 0.3 is 0 Å². The van der Waals surface area contributed by atoms with Crippen LogP contribution in [0.2, 0.25) is 0 Å². The lowest BCUT2D eigenvalue weighted by molar-refractivity contribution is -0.115. The quantitative estimate of drug-likeness (QED) is 0.170. The Morgan fingerprint density at radius 2 is 1.29 bits per heavy atom. The van der Waals surface area contributed by atoms with E-state index in [-0.39, 0.29) is 24.1 Å². The molecule has 194 valence electrons. The Morgan fingerprint density at radius 1 is 0.714 bits per heavy atom. The molecule has 0 spiro atoms. The molecule has 0 bridgehead atoms. The van der Waals surface area contributed by atoms with Crippen molar-refractivity contribution in [3.8, 4) is 0 Å². The molecule has 0 saturated carbocycles. The van der Waals surface area contributed by atoms with Gasteiger partial charge in [-0.15, -0.1) is 0 Å². The van der Waals surface area contributed by atoms with Crippen LogP contribution >= 0.6 is 0 Å². The van der Waals surface area contributed by atoms with Crippen molar-refractivity contribution in [1.29, 1.82) is 0 Å². The van der Waals surface area contributed by atoms with Crippen molar-refractivity contribution in [2.45, 2.75) is 96.8 Å². The van der Waals surface area contributed by atoms with Crippen molar-refractivity contribution in [2.24, 2.45) is 0 Å². The highest BCUT2D eigenvalue weighted by molar-refractivity contribution is 6.02. The second-order valence-corrected chi connectivity index (χ2v) is 9.33. The molecule has 1 aromatic carbocycles. The number of carbonyl (C=O) groups is 2. The van der Waals surface area contributed by atoms with Crippen molar-refractivity contribution >= 4 is 23.2 Å². The van der Waals surface area contributed by atoms with Gasteiger partial charge in [0.25, 0.3) is 5.91 Å². The molecule has 0 aliphatic rings. The highest BCUT2D eigenvalue weighted by Gasteiger charge is 2.09. The van der Waals surface area contributed by atoms with Gasteiger partial charge in [-0.3, -0.25) is 9.59 Å². The molecule has 0 radical (unpaired) electrons. The lowest BCUT2D eigenvalue weighted by atomic mass is 10.0. The van der Waals surface area contributed by atoms with Gasteiger partial charge in [-0.05, 0) is 43.3 Å². The number of anilines is 2. The summed E-state index contributed by atoms with van der Waals surface area (Å²) in [6, 6.07) is 10.3. The van der Waals surface area contributed by atoms with Crippen LogP contribution < -0.4 is 16.0 Å². The fraction of sp³-hybridized carbons (Fsp3) is 0.586. The van der Waals surface area contributed by atoms with Gasteiger partial charge in [-0.25, -0.2) is 0 Å². The Labute approximate surface area is 211 Å². The van der Waals surface area contributed by atoms with Crippen LogP contribution in [0.25, 0.3) is 0 Å². The van der Waals surface area contributed by atoms with Gasteiger partial charge in [0, 0.05) is 11.4 Å². The van der Waals surface area contributed by atoms with Crippen LogP contribution in [-0.4, -0.2) is 24.9 Å². The zero-order valence-corrected chi connectivity index (χ0v) is 21.6. The van der Waals surface area contributed by atoms with Crippen molar-refractivity contribution in [2.75, 3.05) is 23.7 Å². The summed E-state index contributed by atoms with van der Waals surface area (Å²) in [4.78, 5) is 24.3. The van der Waals surface area contributed by atoms with E-state index in [2.05, 4.69) is 22.9 Å². The third-order valence-corrected chi connectivity index (χ3v) is 6.14. The Kier molecular flexibility index (Phi) is 15.3. The number of furan rings is 1. The summed E-state index contributed by atoms with van der Waals surface area (Å²) in [6.45, 7) is 3.40. The minimum atomic E-state index is -0.326. The fourth-order valence-electron chi connectivity index (χ4n) is 4.13. The molecule has 0 unspecified atom stereocenters. The average Bonchev–Trinajstić information content (AvgIpc) is 3.39. The number of hydrogen-bond acceptors (Lipinski definition) is 4. The molecule has 0 saturated heterocycles. The molecule has 0 atom stereocenters. The van der Waals surface area contributed by atoms with Crippen molar-refractivity contribution < 1.29 is 14.0 Å². The third kappa shape index (κ3) is 13.8. The normalized spacial score (nSPS) is 10.9. The highest BCUT2D eigenvalue weighted by atomic mass is 16.3. The maximum absolute atomic E-state index is 12.2. The first-order chi connectivity index (χ1) is 17.2. The van der Waals surface area contributed by atoms with Crippen LogP contribution in [0.1, 0.15) is 107 Å². The number of hydrogen-bond donors (Lipinski definition) is 3. The standard InChI is InChI=1S/C29H45N3O3/c1-2-3-4-5-6-7-8-9-10-11-12-13-14-15-21-30-24-28(33)31-25-18-16-19-26(23-25)32-29(34)27-20-17-22-35-27/h16-20,22-23,30H,2-15,21,24H2,1H3,(H,31,33)(H,32,34). The predicted molar refractivity (Wildman–Crippen MR) is 145 cm³/mol. The maximum Gasteiger partial charge on any atom is 0.291 e. The minimum absolute atomic E-state index is 0.0927. The van der Waals surface area contributed by atoms with E-state index >= 15 is 0 Å². The first-order valence-corrected chi connectivity index (χ1v) is 13.6. The van der Waals surface area contributed by atoms with Gasteiger partial charge < -0.3 is 20.4 Å². The second kappa shape index (κ2) is 18.7. The zero-order valence-electron chi connectivity index (χ0n) is 21.6. The number of carbonyl (C=O) groups excluding carboxylic acids is 2. The monoisotopic (exact) mass is 483 g/mol. The lowest BCUT2D eigenvalue weighted by Crippen LogP contribution is -2.28. The van der Waals surface area contributed by atoms with Crippen molar-refractivity contribution in [3.05, 3.63) is 48.4 Å². The Morgan fingerprint density at radius 3 is 1.86 bits per heavy atom. The number of unbranched alkanes of at least 4 members (excludes halogenated alkanes) is 13. The molecule has 0 aliphatic heterocycles. The molecule has 6 nitrogen and oxygen atoms in total. The smallest absolute Gasteiger partial charge is 0.291 e. The van der Waals surface area contributed by atoms with Crippen LogP contribution in [0.3, 0.4) is 0 Å². The predicted octanol–water partition coefficient (Wildman–Crippen LogP) is 7.54. The molecule has 0 aliphatic carbocycles. The Hall–Kier alpha value is -2.60. The van der Waals surface area contributed by atoms with E-state index in [1.54, 1.807) is 36.4 Å². The molecule has 1 aromatic heterocycles. The lowest BCUT2D eigenvalue weighted by Gasteiger charge is -2.09. The first-order valence-electron chi connectivity index (χ1n) is 13.6. The zero-order chi connectivity index (χ0) is 25.0. The molecule has 2 aromatic rings. The molecule has 3 N–H and O–H groups in total. The van der Waals surface area contributed by atoms with E-state index in [1.807, 2.05) is 0 Å². The van der Waals surface area contributed by atoms with E-state index < -0.39 is 0 Å². The van der Waals surface area contributed by atoms with Crippen LogP contribution in [0.5, 0.6) is 0 Å². The van der Waals surface area contributed by atoms with Gasteiger partial charge in [0.05, 0.1) is 12.8 Å². The Balaban J connectivity index is 1.43. The number of benzene rings is 1. The van der Waals surface area contributed by atoms with Gasteiger partial charge in [0.15, 0.2) is 5.76 Å². The van der Waals surface area contributed by atoms with Crippen LogP contribution in [-0.2, 0) is 4.79 Å². The summed E-state index contributed by atoms with van der Waals surface area (Å²) >= 11 is 0. The topological polar surface area (TPSA) is 83.4 Å². The first kappa shape index (κ1) is 28.6. The Bertz CT molecular complexity index is 820. The number of nitrogens with one attached hydrogen (secondary N) is 3. The van der Waals surface area contributed by atoms with Gasteiger partial charge in [0.1, 0.15) is 0 Å². The molecule has 1 heterocycles. The van der Waals surface area contributed by atoms with Gasteiger partial charge in [-0.1, -0.05) is 96.5 Å². The van der Waals surface area contributed by atoms with Crippen LogP contribution in [0.15, 0.2) is 47.1 Å². The van der Waals surface area contributed by atoms with E-state index in [0.717, 1.165) is 13.0 Å². The second-order valence-electron chi connectivity index (χ2n) is 9.33. The van der Waals surface area contributed by atoms with Gasteiger partial charge in [-0.2, -0.15) is 0 Å². The third-order valence-electron chi connectivity index (χ3n) is 6.14. The summed E-state index contributed by atoms with van der Waals surface area (Å²) < 4.78 is 5.09. The average molecular weight is 484 g/mol. The summed E-state index contributed by atoms with van der Waals surface area (Å²) in [5.74, 6) is -0.176. The number of rotatable bonds is 20. The molecular weight excluding hydrogens is 438 g/mol. The largest absolute Gasteiger partial charge is 0.459 e. The van der Waals surface area contributed by atoms with Crippen molar-refractivity contribution in [3.63, 3.8) is 0 Å². The highest BCUT2D eigenvalue weighted by Crippen LogP contribution is 2.16. The van der Waals surface area contributed by atoms with Crippen molar-refractivity contribution in [1.82, 2.24) is 5.32 Å². The fourth-order valence-corrected chi connectivity index (χ4v) is 4.13. The molecule has 2 amide bonds. The molecule has 6 heteroatoms. The molecule has 0 fully saturated rings. The SMILES string of the molecule is CCCCCCCCCCCCCCCCNCC(=O)Nc1cccc(NC(=O)c2ccco2)c1. The van der Waals surface area contributed by atoms with Gasteiger partial charge in [0.2, 0.25) is 5.91 Å². The van der Waals surface area contributed by atoms with E-state index in [1.165, 1.54) is 89.7 Å². The van der Waals surface area contributed by atoms with E-state index in [9.17, 15) is 9.59 Å². The van der Waals surface area contributed by atoms with E-state index in [0.29, 0.717) is 11.4 Å². The summed E-state index contributed by atoms with van der Waals surface area (Å²) in [5, 5.41) is 8.85. The summed E-state index contributed by atoms with van der Waals surface area (Å²) in [5.41, 5.74) is 1.24. The minimum Gasteiger partial charge on any atom is -0.459 e. The summed E-state index contributed by atoms with van der Waals surface area (Å²) in [6.07, 6.45) is 20.3. The molecule has 2 rings (SSSR count). The van der Waals surface area contributed by atoms with E-state index in [4.69, 9.17) is 4.42 Å². The number of amides is 2. The maximum atomic E-state index is 12.2.